The van der Waals surface area contributed by atoms with E-state index in [2.05, 4.69) is 0 Å². The predicted molar refractivity (Wildman–Crippen MR) is 116 cm³/mol. The van der Waals surface area contributed by atoms with Crippen molar-refractivity contribution in [2.45, 2.75) is 97.7 Å². The number of carbonyl (C=O) groups is 1. The normalized spacial score (nSPS) is 49.9. The Balaban J connectivity index is 1.79. The maximum atomic E-state index is 12.1. The van der Waals surface area contributed by atoms with Crippen molar-refractivity contribution < 1.29 is 89.8 Å². The van der Waals surface area contributed by atoms with E-state index in [9.17, 15) is 66.1 Å². The van der Waals surface area contributed by atoms with Crippen LogP contribution in [0.3, 0.4) is 0 Å². The summed E-state index contributed by atoms with van der Waals surface area (Å²) in [4.78, 5) is 12.1. The second-order valence-electron chi connectivity index (χ2n) is 9.56. The van der Waals surface area contributed by atoms with Crippen molar-refractivity contribution in [1.29, 1.82) is 0 Å². The van der Waals surface area contributed by atoms with Crippen LogP contribution in [0.15, 0.2) is 0 Å². The molecule has 39 heavy (non-hydrogen) atoms. The molecule has 0 saturated carbocycles. The Kier molecular flexibility index (Phi) is 10.2. The van der Waals surface area contributed by atoms with Crippen LogP contribution in [0.2, 0.25) is 0 Å². The van der Waals surface area contributed by atoms with Gasteiger partial charge in [-0.1, -0.05) is 0 Å². The topological polar surface area (TPSA) is 332 Å². The van der Waals surface area contributed by atoms with E-state index in [4.69, 9.17) is 29.4 Å². The van der Waals surface area contributed by atoms with E-state index in [0.29, 0.717) is 0 Å². The number of rotatable bonds is 9. The van der Waals surface area contributed by atoms with E-state index in [1.54, 1.807) is 0 Å². The summed E-state index contributed by atoms with van der Waals surface area (Å²) < 4.78 is 26.0. The summed E-state index contributed by atoms with van der Waals surface area (Å²) in [5, 5.41) is 120. The quantitative estimate of drug-likeness (QED) is 0.121. The van der Waals surface area contributed by atoms with Gasteiger partial charge in [-0.3, -0.25) is 0 Å². The second kappa shape index (κ2) is 12.3. The minimum atomic E-state index is -3.01. The van der Waals surface area contributed by atoms with Crippen LogP contribution in [0.5, 0.6) is 0 Å². The van der Waals surface area contributed by atoms with Gasteiger partial charge in [-0.15, -0.1) is 0 Å². The average molecular weight is 577 g/mol. The van der Waals surface area contributed by atoms with Gasteiger partial charge in [0.15, 0.2) is 12.6 Å². The third-order valence-corrected chi connectivity index (χ3v) is 6.95. The fourth-order valence-electron chi connectivity index (χ4n) is 4.53. The molecule has 0 amide bonds. The van der Waals surface area contributed by atoms with Gasteiger partial charge in [0.1, 0.15) is 54.9 Å². The molecule has 3 aliphatic rings. The molecule has 0 aliphatic carbocycles. The Morgan fingerprint density at radius 1 is 0.949 bits per heavy atom. The molecule has 15 atom stereocenters. The molecule has 3 saturated heterocycles. The summed E-state index contributed by atoms with van der Waals surface area (Å²) in [5.41, 5.74) is 5.64. The van der Waals surface area contributed by atoms with E-state index >= 15 is 0 Å². The lowest BCUT2D eigenvalue weighted by molar-refractivity contribution is -0.406. The maximum absolute atomic E-state index is 12.1. The Hall–Kier alpha value is -1.21. The maximum Gasteiger partial charge on any atom is 0.364 e. The minimum Gasteiger partial charge on any atom is -0.477 e. The van der Waals surface area contributed by atoms with Crippen LogP contribution in [-0.2, 0) is 28.5 Å². The Bertz CT molecular complexity index is 836. The molecular formula is C20H35NO18. The van der Waals surface area contributed by atoms with E-state index < -0.39 is 123 Å². The van der Waals surface area contributed by atoms with Crippen molar-refractivity contribution in [3.63, 3.8) is 0 Å². The summed E-state index contributed by atoms with van der Waals surface area (Å²) in [5.74, 6) is -7.88. The molecule has 0 bridgehead atoms. The van der Waals surface area contributed by atoms with E-state index in [-0.39, 0.29) is 0 Å². The number of aliphatic hydroxyl groups excluding tert-OH is 10. The zero-order valence-corrected chi connectivity index (χ0v) is 20.2. The smallest absolute Gasteiger partial charge is 0.364 e. The molecule has 19 nitrogen and oxygen atoms in total. The van der Waals surface area contributed by atoms with Crippen molar-refractivity contribution in [2.24, 2.45) is 5.73 Å². The molecule has 3 fully saturated rings. The first-order valence-electron chi connectivity index (χ1n) is 11.8. The first kappa shape index (κ1) is 32.3. The van der Waals surface area contributed by atoms with E-state index in [0.717, 1.165) is 0 Å². The SMILES string of the molecule is N[C@@H]1[C@H](O)C[C@](OCC2O[C@@H](O[C@@H]3C(CO)OC(O)[C@@H](O)C3O)[C@@H](O)C(O)[C@H]2O)(C(=O)O)O[C@]1(O)[C@H](O)CO. The lowest BCUT2D eigenvalue weighted by Crippen LogP contribution is -2.73. The van der Waals surface area contributed by atoms with Gasteiger partial charge in [-0.05, 0) is 0 Å². The van der Waals surface area contributed by atoms with E-state index in [1.165, 1.54) is 0 Å². The molecule has 0 spiro atoms. The Morgan fingerprint density at radius 3 is 2.15 bits per heavy atom. The van der Waals surface area contributed by atoms with Gasteiger partial charge in [0.25, 0.3) is 5.79 Å². The lowest BCUT2D eigenvalue weighted by Gasteiger charge is -2.50. The molecule has 228 valence electrons. The monoisotopic (exact) mass is 577 g/mol. The summed E-state index contributed by atoms with van der Waals surface area (Å²) in [6.07, 6.45) is -23.4. The number of carboxylic acid groups (broad SMARTS) is 1. The summed E-state index contributed by atoms with van der Waals surface area (Å²) in [6.45, 7) is -2.98. The number of hydrogen-bond donors (Lipinski definition) is 13. The van der Waals surface area contributed by atoms with Crippen LogP contribution in [0.4, 0.5) is 0 Å². The number of carboxylic acids is 1. The highest BCUT2D eigenvalue weighted by atomic mass is 16.8. The number of aliphatic hydroxyl groups is 11. The van der Waals surface area contributed by atoms with E-state index in [1.807, 2.05) is 0 Å². The Labute approximate surface area is 219 Å². The van der Waals surface area contributed by atoms with Gasteiger partial charge in [-0.25, -0.2) is 4.79 Å². The molecule has 3 aliphatic heterocycles. The first-order valence-corrected chi connectivity index (χ1v) is 11.8. The third-order valence-electron chi connectivity index (χ3n) is 6.95. The highest BCUT2D eigenvalue weighted by Crippen LogP contribution is 2.38. The zero-order valence-electron chi connectivity index (χ0n) is 20.2. The fourth-order valence-corrected chi connectivity index (χ4v) is 4.53. The molecule has 19 heteroatoms. The van der Waals surface area contributed by atoms with Crippen LogP contribution < -0.4 is 5.73 Å². The molecule has 3 heterocycles. The van der Waals surface area contributed by atoms with Gasteiger partial charge in [0.2, 0.25) is 5.79 Å². The molecule has 0 radical (unpaired) electrons. The van der Waals surface area contributed by atoms with Crippen LogP contribution in [0, 0.1) is 0 Å². The fraction of sp³-hybridized carbons (Fsp3) is 0.950. The largest absolute Gasteiger partial charge is 0.477 e. The molecule has 3 rings (SSSR count). The van der Waals surface area contributed by atoms with Crippen molar-refractivity contribution in [1.82, 2.24) is 0 Å². The second-order valence-corrected chi connectivity index (χ2v) is 9.56. The summed E-state index contributed by atoms with van der Waals surface area (Å²) in [7, 11) is 0. The standard InChI is InChI=1S/C20H35NO18/c21-15-5(24)1-19(18(32)33,39-20(15,34)8(25)3-23)35-4-7-9(26)10(27)13(30)17(37-7)38-14-6(2-22)36-16(31)12(29)11(14)28/h5-17,22-31,34H,1-4,21H2,(H,32,33)/t5-,6?,7?,8-,9+,10?,11?,12+,13+,14-,15-,16?,17+,19-,20-/m1/s1. The number of nitrogens with two attached hydrogens (primary N) is 1. The van der Waals surface area contributed by atoms with Crippen molar-refractivity contribution in [3.05, 3.63) is 0 Å². The van der Waals surface area contributed by atoms with Gasteiger partial charge in [0.05, 0.1) is 32.0 Å². The van der Waals surface area contributed by atoms with Crippen molar-refractivity contribution >= 4 is 5.97 Å². The predicted octanol–water partition coefficient (Wildman–Crippen LogP) is -8.44. The van der Waals surface area contributed by atoms with Crippen LogP contribution >= 0.6 is 0 Å². The lowest BCUT2D eigenvalue weighted by atomic mass is 9.88. The van der Waals surface area contributed by atoms with Crippen molar-refractivity contribution in [2.75, 3.05) is 19.8 Å². The number of ether oxygens (including phenoxy) is 5. The highest BCUT2D eigenvalue weighted by molar-refractivity contribution is 5.76. The average Bonchev–Trinajstić information content (AvgIpc) is 2.90. The summed E-state index contributed by atoms with van der Waals surface area (Å²) >= 11 is 0. The van der Waals surface area contributed by atoms with Gasteiger partial charge in [0, 0.05) is 6.42 Å². The molecule has 14 N–H and O–H groups in total. The molecule has 0 aromatic carbocycles. The van der Waals surface area contributed by atoms with Crippen LogP contribution in [0.1, 0.15) is 6.42 Å². The molecular weight excluding hydrogens is 542 g/mol. The highest BCUT2D eigenvalue weighted by Gasteiger charge is 2.62. The number of hydrogen-bond acceptors (Lipinski definition) is 18. The van der Waals surface area contributed by atoms with Crippen molar-refractivity contribution in [3.8, 4) is 0 Å². The zero-order chi connectivity index (χ0) is 29.4. The third kappa shape index (κ3) is 6.05. The molecule has 0 aromatic rings. The van der Waals surface area contributed by atoms with Gasteiger partial charge in [-0.2, -0.15) is 0 Å². The van der Waals surface area contributed by atoms with Gasteiger partial charge >= 0.3 is 5.97 Å². The minimum absolute atomic E-state index is 0.836. The van der Waals surface area contributed by atoms with Crippen LogP contribution in [0.25, 0.3) is 0 Å². The van der Waals surface area contributed by atoms with Crippen LogP contribution in [-0.4, -0.2) is 178 Å². The first-order chi connectivity index (χ1) is 18.1. The molecule has 0 aromatic heterocycles. The summed E-state index contributed by atoms with van der Waals surface area (Å²) in [6, 6.07) is -1.79. The number of aliphatic carboxylic acids is 1. The van der Waals surface area contributed by atoms with Gasteiger partial charge < -0.3 is 90.7 Å². The molecule has 5 unspecified atom stereocenters. The Morgan fingerprint density at radius 2 is 1.59 bits per heavy atom.